The minimum atomic E-state index is -3.10. The lowest BCUT2D eigenvalue weighted by Gasteiger charge is -2.31. The lowest BCUT2D eigenvalue weighted by Crippen LogP contribution is -2.48. The number of rotatable bonds is 1. The zero-order valence-corrected chi connectivity index (χ0v) is 13.4. The Morgan fingerprint density at radius 2 is 2.05 bits per heavy atom. The number of carbonyl (C=O) groups is 1. The standard InChI is InChI=1S/C12H14Cl2N2O3S/c1-7-6-16(3-4-20(7,18)19)12(17)9-5-15-8(2)10(13)11(9)14/h5,7H,3-4,6H2,1-2H3/t7-/m1/s1. The summed E-state index contributed by atoms with van der Waals surface area (Å²) in [6.07, 6.45) is 1.37. The van der Waals surface area contributed by atoms with Crippen LogP contribution in [-0.4, -0.2) is 48.3 Å². The molecule has 2 heterocycles. The van der Waals surface area contributed by atoms with Gasteiger partial charge in [-0.3, -0.25) is 9.78 Å². The highest BCUT2D eigenvalue weighted by Gasteiger charge is 2.33. The third-order valence-corrected chi connectivity index (χ3v) is 6.47. The number of pyridine rings is 1. The van der Waals surface area contributed by atoms with Crippen molar-refractivity contribution in [1.29, 1.82) is 0 Å². The van der Waals surface area contributed by atoms with E-state index in [0.717, 1.165) is 0 Å². The van der Waals surface area contributed by atoms with E-state index in [0.29, 0.717) is 5.69 Å². The fourth-order valence-corrected chi connectivity index (χ4v) is 3.71. The van der Waals surface area contributed by atoms with Crippen LogP contribution in [0.2, 0.25) is 10.0 Å². The van der Waals surface area contributed by atoms with Crippen molar-refractivity contribution in [1.82, 2.24) is 9.88 Å². The van der Waals surface area contributed by atoms with Gasteiger partial charge < -0.3 is 4.90 Å². The molecule has 1 atom stereocenters. The molecule has 110 valence electrons. The molecular formula is C12H14Cl2N2O3S. The fourth-order valence-electron chi connectivity index (χ4n) is 2.01. The molecule has 2 rings (SSSR count). The summed E-state index contributed by atoms with van der Waals surface area (Å²) in [5, 5.41) is -0.173. The van der Waals surface area contributed by atoms with Gasteiger partial charge in [0, 0.05) is 19.3 Å². The summed E-state index contributed by atoms with van der Waals surface area (Å²) in [4.78, 5) is 17.9. The van der Waals surface area contributed by atoms with E-state index in [9.17, 15) is 13.2 Å². The van der Waals surface area contributed by atoms with E-state index >= 15 is 0 Å². The molecule has 1 aliphatic rings. The monoisotopic (exact) mass is 336 g/mol. The summed E-state index contributed by atoms with van der Waals surface area (Å²) in [7, 11) is -3.10. The second kappa shape index (κ2) is 5.50. The van der Waals surface area contributed by atoms with Gasteiger partial charge in [0.05, 0.1) is 32.3 Å². The number of aromatic nitrogens is 1. The minimum absolute atomic E-state index is 0.0372. The van der Waals surface area contributed by atoms with Crippen molar-refractivity contribution in [2.24, 2.45) is 0 Å². The zero-order chi connectivity index (χ0) is 15.1. The molecule has 0 radical (unpaired) electrons. The summed E-state index contributed by atoms with van der Waals surface area (Å²) in [6.45, 7) is 3.60. The average Bonchev–Trinajstić information content (AvgIpc) is 2.39. The fraction of sp³-hybridized carbons (Fsp3) is 0.500. The van der Waals surface area contributed by atoms with Crippen LogP contribution in [-0.2, 0) is 9.84 Å². The van der Waals surface area contributed by atoms with E-state index in [1.807, 2.05) is 0 Å². The lowest BCUT2D eigenvalue weighted by atomic mass is 10.2. The Kier molecular flexibility index (Phi) is 4.27. The van der Waals surface area contributed by atoms with Crippen molar-refractivity contribution >= 4 is 38.9 Å². The van der Waals surface area contributed by atoms with E-state index in [1.54, 1.807) is 13.8 Å². The molecule has 0 N–H and O–H groups in total. The Balaban J connectivity index is 2.28. The van der Waals surface area contributed by atoms with Crippen LogP contribution in [0.3, 0.4) is 0 Å². The Morgan fingerprint density at radius 1 is 1.40 bits per heavy atom. The maximum absolute atomic E-state index is 12.4. The van der Waals surface area contributed by atoms with E-state index in [1.165, 1.54) is 11.1 Å². The Labute approximate surface area is 127 Å². The quantitative estimate of drug-likeness (QED) is 0.786. The number of halogens is 2. The highest BCUT2D eigenvalue weighted by atomic mass is 35.5. The first kappa shape index (κ1) is 15.5. The minimum Gasteiger partial charge on any atom is -0.336 e. The number of hydrogen-bond donors (Lipinski definition) is 0. The molecule has 0 spiro atoms. The summed E-state index contributed by atoms with van der Waals surface area (Å²) < 4.78 is 23.3. The molecule has 8 heteroatoms. The molecule has 0 aromatic carbocycles. The highest BCUT2D eigenvalue weighted by Crippen LogP contribution is 2.29. The molecule has 0 unspecified atom stereocenters. The number of nitrogens with zero attached hydrogens (tertiary/aromatic N) is 2. The van der Waals surface area contributed by atoms with Gasteiger partial charge in [-0.05, 0) is 13.8 Å². The smallest absolute Gasteiger partial charge is 0.257 e. The predicted molar refractivity (Wildman–Crippen MR) is 78.1 cm³/mol. The third kappa shape index (κ3) is 2.77. The predicted octanol–water partition coefficient (Wildman–Crippen LogP) is 1.96. The molecule has 1 aromatic rings. The molecule has 1 amide bonds. The number of aryl methyl sites for hydroxylation is 1. The van der Waals surface area contributed by atoms with Crippen LogP contribution in [0.15, 0.2) is 6.20 Å². The molecule has 5 nitrogen and oxygen atoms in total. The molecule has 0 bridgehead atoms. The van der Waals surface area contributed by atoms with Crippen molar-refractivity contribution in [3.8, 4) is 0 Å². The number of hydrogen-bond acceptors (Lipinski definition) is 4. The van der Waals surface area contributed by atoms with Gasteiger partial charge in [-0.25, -0.2) is 8.42 Å². The SMILES string of the molecule is Cc1ncc(C(=O)N2CCS(=O)(=O)[C@H](C)C2)c(Cl)c1Cl. The number of carbonyl (C=O) groups excluding carboxylic acids is 1. The second-order valence-electron chi connectivity index (χ2n) is 4.81. The van der Waals surface area contributed by atoms with Gasteiger partial charge in [0.2, 0.25) is 0 Å². The van der Waals surface area contributed by atoms with E-state index in [2.05, 4.69) is 4.98 Å². The first-order valence-electron chi connectivity index (χ1n) is 6.05. The van der Waals surface area contributed by atoms with E-state index < -0.39 is 15.1 Å². The van der Waals surface area contributed by atoms with Crippen LogP contribution in [0.5, 0.6) is 0 Å². The molecular weight excluding hydrogens is 323 g/mol. The molecule has 20 heavy (non-hydrogen) atoms. The Morgan fingerprint density at radius 3 is 2.65 bits per heavy atom. The van der Waals surface area contributed by atoms with Gasteiger partial charge in [0.25, 0.3) is 5.91 Å². The van der Waals surface area contributed by atoms with E-state index in [-0.39, 0.29) is 40.4 Å². The molecule has 1 saturated heterocycles. The van der Waals surface area contributed by atoms with Gasteiger partial charge in [-0.2, -0.15) is 0 Å². The first-order chi connectivity index (χ1) is 9.24. The maximum Gasteiger partial charge on any atom is 0.257 e. The zero-order valence-electron chi connectivity index (χ0n) is 11.1. The lowest BCUT2D eigenvalue weighted by molar-refractivity contribution is 0.0760. The first-order valence-corrected chi connectivity index (χ1v) is 8.52. The topological polar surface area (TPSA) is 67.3 Å². The van der Waals surface area contributed by atoms with Gasteiger partial charge in [-0.15, -0.1) is 0 Å². The van der Waals surface area contributed by atoms with Gasteiger partial charge in [0.1, 0.15) is 0 Å². The third-order valence-electron chi connectivity index (χ3n) is 3.39. The normalized spacial score (nSPS) is 21.8. The van der Waals surface area contributed by atoms with E-state index in [4.69, 9.17) is 23.2 Å². The van der Waals surface area contributed by atoms with Crippen LogP contribution in [0.1, 0.15) is 23.0 Å². The van der Waals surface area contributed by atoms with Crippen LogP contribution in [0, 0.1) is 6.92 Å². The van der Waals surface area contributed by atoms with Crippen molar-refractivity contribution < 1.29 is 13.2 Å². The summed E-state index contributed by atoms with van der Waals surface area (Å²) in [6, 6.07) is 0. The van der Waals surface area contributed by atoms with Gasteiger partial charge >= 0.3 is 0 Å². The molecule has 1 aliphatic heterocycles. The molecule has 0 saturated carbocycles. The average molecular weight is 337 g/mol. The Hall–Kier alpha value is -0.850. The summed E-state index contributed by atoms with van der Waals surface area (Å²) in [5.74, 6) is -0.379. The van der Waals surface area contributed by atoms with Crippen molar-refractivity contribution in [3.63, 3.8) is 0 Å². The molecule has 1 aromatic heterocycles. The number of amides is 1. The largest absolute Gasteiger partial charge is 0.336 e. The van der Waals surface area contributed by atoms with Crippen LogP contribution in [0.25, 0.3) is 0 Å². The van der Waals surface area contributed by atoms with Crippen LogP contribution >= 0.6 is 23.2 Å². The van der Waals surface area contributed by atoms with Crippen LogP contribution < -0.4 is 0 Å². The van der Waals surface area contributed by atoms with Gasteiger partial charge in [-0.1, -0.05) is 23.2 Å². The second-order valence-corrected chi connectivity index (χ2v) is 8.11. The van der Waals surface area contributed by atoms with Crippen molar-refractivity contribution in [3.05, 3.63) is 27.5 Å². The van der Waals surface area contributed by atoms with Crippen molar-refractivity contribution in [2.75, 3.05) is 18.8 Å². The molecule has 1 fully saturated rings. The highest BCUT2D eigenvalue weighted by molar-refractivity contribution is 7.92. The summed E-state index contributed by atoms with van der Waals surface area (Å²) in [5.41, 5.74) is 0.747. The van der Waals surface area contributed by atoms with Crippen LogP contribution in [0.4, 0.5) is 0 Å². The number of sulfone groups is 1. The molecule has 0 aliphatic carbocycles. The van der Waals surface area contributed by atoms with Crippen molar-refractivity contribution in [2.45, 2.75) is 19.1 Å². The van der Waals surface area contributed by atoms with Gasteiger partial charge in [0.15, 0.2) is 9.84 Å². The Bertz CT molecular complexity index is 661. The maximum atomic E-state index is 12.4. The summed E-state index contributed by atoms with van der Waals surface area (Å²) >= 11 is 12.0.